The number of carbonyl (C=O) groups is 1. The van der Waals surface area contributed by atoms with Gasteiger partial charge in [0.1, 0.15) is 11.6 Å². The highest BCUT2D eigenvalue weighted by molar-refractivity contribution is 5.94. The number of nitrogens with zero attached hydrogens (tertiary/aromatic N) is 4. The summed E-state index contributed by atoms with van der Waals surface area (Å²) >= 11 is 0. The van der Waals surface area contributed by atoms with Gasteiger partial charge in [-0.3, -0.25) is 4.79 Å². The van der Waals surface area contributed by atoms with Gasteiger partial charge in [-0.25, -0.2) is 9.67 Å². The monoisotopic (exact) mass is 395 g/mol. The highest BCUT2D eigenvalue weighted by Crippen LogP contribution is 2.39. The first-order valence-corrected chi connectivity index (χ1v) is 9.49. The fourth-order valence-corrected chi connectivity index (χ4v) is 3.98. The molecule has 0 saturated carbocycles. The summed E-state index contributed by atoms with van der Waals surface area (Å²) in [6.45, 7) is 4.45. The molecule has 29 heavy (non-hydrogen) atoms. The third kappa shape index (κ3) is 3.24. The third-order valence-electron chi connectivity index (χ3n) is 5.56. The number of ether oxygens (including phenoxy) is 2. The van der Waals surface area contributed by atoms with E-state index in [4.69, 9.17) is 14.6 Å². The Bertz CT molecular complexity index is 1080. The van der Waals surface area contributed by atoms with Gasteiger partial charge in [0.15, 0.2) is 11.5 Å². The van der Waals surface area contributed by atoms with Crippen molar-refractivity contribution < 1.29 is 14.3 Å². The molecule has 3 heterocycles. The smallest absolute Gasteiger partial charge is 0.226 e. The van der Waals surface area contributed by atoms with Crippen molar-refractivity contribution >= 4 is 11.7 Å². The lowest BCUT2D eigenvalue weighted by atomic mass is 9.89. The number of carbonyl (C=O) groups excluding carboxylic acids is 1. The van der Waals surface area contributed by atoms with Crippen LogP contribution in [0.5, 0.6) is 11.5 Å². The lowest BCUT2D eigenvalue weighted by molar-refractivity contribution is -0.116. The van der Waals surface area contributed by atoms with Gasteiger partial charge in [-0.05, 0) is 31.5 Å². The maximum absolute atomic E-state index is 12.5. The molecule has 8 heteroatoms. The maximum atomic E-state index is 12.5. The molecule has 2 aromatic heterocycles. The number of anilines is 1. The first-order chi connectivity index (χ1) is 13.9. The number of imidazole rings is 1. The first-order valence-electron chi connectivity index (χ1n) is 9.49. The van der Waals surface area contributed by atoms with Crippen LogP contribution in [-0.2, 0) is 18.4 Å². The lowest BCUT2D eigenvalue weighted by Gasteiger charge is -2.24. The van der Waals surface area contributed by atoms with Crippen molar-refractivity contribution in [3.8, 4) is 11.5 Å². The summed E-state index contributed by atoms with van der Waals surface area (Å²) in [5.41, 5.74) is 3.98. The number of hydrogen-bond acceptors (Lipinski definition) is 5. The highest BCUT2D eigenvalue weighted by Gasteiger charge is 2.34. The van der Waals surface area contributed by atoms with E-state index < -0.39 is 0 Å². The van der Waals surface area contributed by atoms with Crippen molar-refractivity contribution in [2.24, 2.45) is 7.05 Å². The average molecular weight is 395 g/mol. The topological polar surface area (TPSA) is 83.2 Å². The van der Waals surface area contributed by atoms with Gasteiger partial charge in [-0.1, -0.05) is 6.07 Å². The summed E-state index contributed by atoms with van der Waals surface area (Å²) in [5, 5.41) is 7.76. The molecule has 0 spiro atoms. The van der Waals surface area contributed by atoms with E-state index >= 15 is 0 Å². The molecule has 1 N–H and O–H groups in total. The second kappa shape index (κ2) is 7.27. The Morgan fingerprint density at radius 3 is 2.62 bits per heavy atom. The maximum Gasteiger partial charge on any atom is 0.226 e. The van der Waals surface area contributed by atoms with Crippen LogP contribution in [0.4, 0.5) is 5.82 Å². The number of aromatic nitrogens is 4. The Morgan fingerprint density at radius 1 is 1.21 bits per heavy atom. The molecule has 3 aromatic rings. The van der Waals surface area contributed by atoms with Gasteiger partial charge in [0.05, 0.1) is 26.5 Å². The molecule has 1 aliphatic heterocycles. The molecule has 0 saturated heterocycles. The van der Waals surface area contributed by atoms with E-state index in [1.807, 2.05) is 54.5 Å². The Hall–Kier alpha value is -3.29. The minimum absolute atomic E-state index is 0.0187. The van der Waals surface area contributed by atoms with Crippen molar-refractivity contribution in [2.45, 2.75) is 32.7 Å². The summed E-state index contributed by atoms with van der Waals surface area (Å²) < 4.78 is 14.6. The highest BCUT2D eigenvalue weighted by atomic mass is 16.5. The van der Waals surface area contributed by atoms with Gasteiger partial charge < -0.3 is 19.4 Å². The molecule has 1 aromatic carbocycles. The quantitative estimate of drug-likeness (QED) is 0.718. The number of rotatable bonds is 5. The second-order valence-corrected chi connectivity index (χ2v) is 7.29. The number of fused-ring (bicyclic) bond motifs is 1. The Morgan fingerprint density at radius 2 is 1.97 bits per heavy atom. The Labute approximate surface area is 169 Å². The van der Waals surface area contributed by atoms with E-state index in [1.54, 1.807) is 14.2 Å². The zero-order valence-electron chi connectivity index (χ0n) is 17.3. The molecule has 0 fully saturated rings. The predicted molar refractivity (Wildman–Crippen MR) is 109 cm³/mol. The summed E-state index contributed by atoms with van der Waals surface area (Å²) in [4.78, 5) is 16.9. The lowest BCUT2D eigenvalue weighted by Crippen LogP contribution is -2.26. The van der Waals surface area contributed by atoms with Crippen LogP contribution < -0.4 is 14.8 Å². The first kappa shape index (κ1) is 19.0. The van der Waals surface area contributed by atoms with Gasteiger partial charge in [0.25, 0.3) is 0 Å². The molecule has 0 radical (unpaired) electrons. The van der Waals surface area contributed by atoms with Gasteiger partial charge in [0, 0.05) is 36.8 Å². The molecule has 1 amide bonds. The number of nitrogens with one attached hydrogen (secondary N) is 1. The molecule has 0 bridgehead atoms. The van der Waals surface area contributed by atoms with Gasteiger partial charge >= 0.3 is 0 Å². The van der Waals surface area contributed by atoms with Crippen molar-refractivity contribution in [3.63, 3.8) is 0 Å². The SMILES string of the molecule is COc1ccc(Cn2nc(C)c3c2NC(=O)CC3c2cnc(C)n2C)cc1OC. The van der Waals surface area contributed by atoms with Gasteiger partial charge in [0.2, 0.25) is 5.91 Å². The van der Waals surface area contributed by atoms with E-state index in [2.05, 4.69) is 10.3 Å². The molecule has 1 atom stereocenters. The normalized spacial score (nSPS) is 15.8. The number of benzene rings is 1. The molecule has 1 aliphatic rings. The van der Waals surface area contributed by atoms with Crippen LogP contribution in [0.2, 0.25) is 0 Å². The minimum atomic E-state index is -0.0656. The molecule has 152 valence electrons. The van der Waals surface area contributed by atoms with E-state index in [-0.39, 0.29) is 11.8 Å². The van der Waals surface area contributed by atoms with Crippen LogP contribution in [0, 0.1) is 13.8 Å². The van der Waals surface area contributed by atoms with E-state index in [0.29, 0.717) is 24.5 Å². The van der Waals surface area contributed by atoms with Gasteiger partial charge in [-0.15, -0.1) is 0 Å². The zero-order valence-corrected chi connectivity index (χ0v) is 17.3. The number of aryl methyl sites for hydroxylation is 2. The molecule has 1 unspecified atom stereocenters. The summed E-state index contributed by atoms with van der Waals surface area (Å²) in [7, 11) is 5.20. The zero-order chi connectivity index (χ0) is 20.7. The fraction of sp³-hybridized carbons (Fsp3) is 0.381. The summed E-state index contributed by atoms with van der Waals surface area (Å²) in [5.74, 6) is 2.92. The Kier molecular flexibility index (Phi) is 4.77. The molecule has 0 aliphatic carbocycles. The van der Waals surface area contributed by atoms with E-state index in [9.17, 15) is 4.79 Å². The predicted octanol–water partition coefficient (Wildman–Crippen LogP) is 2.77. The number of amides is 1. The van der Waals surface area contributed by atoms with Crippen LogP contribution in [0.3, 0.4) is 0 Å². The van der Waals surface area contributed by atoms with Crippen molar-refractivity contribution in [3.05, 3.63) is 52.7 Å². The van der Waals surface area contributed by atoms with Crippen molar-refractivity contribution in [2.75, 3.05) is 19.5 Å². The average Bonchev–Trinajstić information content (AvgIpc) is 3.20. The van der Waals surface area contributed by atoms with Crippen molar-refractivity contribution in [1.29, 1.82) is 0 Å². The minimum Gasteiger partial charge on any atom is -0.493 e. The van der Waals surface area contributed by atoms with Crippen LogP contribution in [0.15, 0.2) is 24.4 Å². The van der Waals surface area contributed by atoms with E-state index in [1.165, 1.54) is 0 Å². The molecular formula is C21H25N5O3. The number of hydrogen-bond donors (Lipinski definition) is 1. The van der Waals surface area contributed by atoms with Crippen molar-refractivity contribution in [1.82, 2.24) is 19.3 Å². The molecular weight excluding hydrogens is 370 g/mol. The molecule has 4 rings (SSSR count). The summed E-state index contributed by atoms with van der Waals surface area (Å²) in [6.07, 6.45) is 2.24. The van der Waals surface area contributed by atoms with Gasteiger partial charge in [-0.2, -0.15) is 5.10 Å². The second-order valence-electron chi connectivity index (χ2n) is 7.29. The van der Waals surface area contributed by atoms with Crippen LogP contribution >= 0.6 is 0 Å². The summed E-state index contributed by atoms with van der Waals surface area (Å²) in [6, 6.07) is 5.77. The van der Waals surface area contributed by atoms with Crippen LogP contribution in [-0.4, -0.2) is 39.5 Å². The fourth-order valence-electron chi connectivity index (χ4n) is 3.98. The Balaban J connectivity index is 1.74. The number of methoxy groups -OCH3 is 2. The largest absolute Gasteiger partial charge is 0.493 e. The molecule has 8 nitrogen and oxygen atoms in total. The third-order valence-corrected chi connectivity index (χ3v) is 5.56. The van der Waals surface area contributed by atoms with Crippen LogP contribution in [0.1, 0.15) is 40.7 Å². The van der Waals surface area contributed by atoms with E-state index in [0.717, 1.165) is 34.2 Å². The van der Waals surface area contributed by atoms with Crippen LogP contribution in [0.25, 0.3) is 0 Å². The standard InChI is InChI=1S/C21H25N5O3/c1-12-20-15(16-10-22-13(2)25(16)3)9-19(27)23-21(20)26(24-12)11-14-6-7-17(28-4)18(8-14)29-5/h6-8,10,15H,9,11H2,1-5H3,(H,23,27).